The number of aromatic hydroxyl groups is 1. The molecule has 0 saturated heterocycles. The standard InChI is InChI=1S/C25H28I2N4O6/c1-12-18(31(24(35)36)25(2,3)4)8-7-16-19(12)22(34)37-23(28-16)29-17(21(33)30(5)6)11-13-9-14(26)20(32)15(27)10-13/h7-10,17,32H,11H2,1-6H3,(H,28,29)(H,35,36)/t17-/m0/s1. The van der Waals surface area contributed by atoms with Gasteiger partial charge in [0.1, 0.15) is 11.8 Å². The van der Waals surface area contributed by atoms with E-state index >= 15 is 0 Å². The van der Waals surface area contributed by atoms with E-state index in [1.54, 1.807) is 66.1 Å². The summed E-state index contributed by atoms with van der Waals surface area (Å²) in [5.74, 6) is -0.0744. The number of phenolic OH excluding ortho intramolecular Hbond substituents is 1. The van der Waals surface area contributed by atoms with Crippen LogP contribution >= 0.6 is 45.2 Å². The molecule has 10 nitrogen and oxygen atoms in total. The molecule has 0 radical (unpaired) electrons. The molecule has 0 fully saturated rings. The molecule has 1 aromatic heterocycles. The number of hydrogen-bond donors (Lipinski definition) is 3. The maximum Gasteiger partial charge on any atom is 0.412 e. The lowest BCUT2D eigenvalue weighted by Gasteiger charge is -2.34. The van der Waals surface area contributed by atoms with Crippen molar-refractivity contribution in [2.75, 3.05) is 24.3 Å². The highest BCUT2D eigenvalue weighted by Crippen LogP contribution is 2.32. The van der Waals surface area contributed by atoms with Crippen LogP contribution in [0.2, 0.25) is 0 Å². The largest absolute Gasteiger partial charge is 0.506 e. The average Bonchev–Trinajstić information content (AvgIpc) is 2.76. The molecule has 0 aliphatic carbocycles. The van der Waals surface area contributed by atoms with Gasteiger partial charge in [-0.1, -0.05) is 0 Å². The number of carbonyl (C=O) groups excluding carboxylic acids is 1. The van der Waals surface area contributed by atoms with Crippen LogP contribution in [0.25, 0.3) is 10.9 Å². The van der Waals surface area contributed by atoms with Crippen molar-refractivity contribution in [2.45, 2.75) is 45.7 Å². The summed E-state index contributed by atoms with van der Waals surface area (Å²) < 4.78 is 6.77. The van der Waals surface area contributed by atoms with Gasteiger partial charge in [-0.2, -0.15) is 4.98 Å². The lowest BCUT2D eigenvalue weighted by molar-refractivity contribution is -0.129. The van der Waals surface area contributed by atoms with Crippen molar-refractivity contribution < 1.29 is 24.2 Å². The van der Waals surface area contributed by atoms with E-state index in [1.807, 2.05) is 45.2 Å². The quantitative estimate of drug-likeness (QED) is 0.308. The third kappa shape index (κ3) is 6.27. The number of hydrogen-bond acceptors (Lipinski definition) is 7. The third-order valence-corrected chi connectivity index (χ3v) is 7.33. The number of aryl methyl sites for hydroxylation is 1. The van der Waals surface area contributed by atoms with Gasteiger partial charge < -0.3 is 24.8 Å². The zero-order chi connectivity index (χ0) is 27.8. The zero-order valence-corrected chi connectivity index (χ0v) is 25.5. The molecule has 3 rings (SSSR count). The van der Waals surface area contributed by atoms with Crippen molar-refractivity contribution in [3.8, 4) is 5.75 Å². The van der Waals surface area contributed by atoms with Crippen LogP contribution in [0.5, 0.6) is 5.75 Å². The number of anilines is 2. The van der Waals surface area contributed by atoms with E-state index in [0.717, 1.165) is 5.56 Å². The van der Waals surface area contributed by atoms with Crippen LogP contribution in [-0.4, -0.2) is 57.8 Å². The first-order valence-corrected chi connectivity index (χ1v) is 13.4. The fourth-order valence-corrected chi connectivity index (χ4v) is 5.89. The highest BCUT2D eigenvalue weighted by atomic mass is 127. The lowest BCUT2D eigenvalue weighted by atomic mass is 10.0. The number of phenols is 1. The fraction of sp³-hybridized carbons (Fsp3) is 0.360. The summed E-state index contributed by atoms with van der Waals surface area (Å²) in [4.78, 5) is 45.0. The van der Waals surface area contributed by atoms with E-state index in [0.29, 0.717) is 23.9 Å². The minimum absolute atomic E-state index is 0.126. The van der Waals surface area contributed by atoms with E-state index in [9.17, 15) is 24.6 Å². The zero-order valence-electron chi connectivity index (χ0n) is 21.2. The van der Waals surface area contributed by atoms with E-state index in [1.165, 1.54) is 9.80 Å². The van der Waals surface area contributed by atoms with Gasteiger partial charge in [-0.05, 0) is 108 Å². The molecule has 1 heterocycles. The van der Waals surface area contributed by atoms with Gasteiger partial charge in [0.15, 0.2) is 0 Å². The van der Waals surface area contributed by atoms with Crippen LogP contribution in [0.4, 0.5) is 16.5 Å². The lowest BCUT2D eigenvalue weighted by Crippen LogP contribution is -2.45. The van der Waals surface area contributed by atoms with Crippen LogP contribution in [0.3, 0.4) is 0 Å². The minimum Gasteiger partial charge on any atom is -0.506 e. The number of halogens is 2. The Morgan fingerprint density at radius 1 is 1.16 bits per heavy atom. The molecule has 2 aromatic carbocycles. The summed E-state index contributed by atoms with van der Waals surface area (Å²) in [5.41, 5.74) is 0.457. The van der Waals surface area contributed by atoms with Gasteiger partial charge in [-0.3, -0.25) is 9.69 Å². The Morgan fingerprint density at radius 3 is 2.27 bits per heavy atom. The summed E-state index contributed by atoms with van der Waals surface area (Å²) in [6, 6.07) is 5.81. The Hall–Kier alpha value is -2.62. The number of amides is 2. The predicted octanol–water partition coefficient (Wildman–Crippen LogP) is 4.81. The first-order valence-electron chi connectivity index (χ1n) is 11.2. The number of likely N-dealkylation sites (N-methyl/N-ethyl adjacent to an activating group) is 1. The fourth-order valence-electron chi connectivity index (χ4n) is 4.00. The Kier molecular flexibility index (Phi) is 8.61. The number of fused-ring (bicyclic) bond motifs is 1. The van der Waals surface area contributed by atoms with Crippen molar-refractivity contribution in [3.05, 3.63) is 53.0 Å². The molecule has 0 aliphatic heterocycles. The molecule has 0 unspecified atom stereocenters. The van der Waals surface area contributed by atoms with Crippen LogP contribution in [0.1, 0.15) is 31.9 Å². The normalized spacial score (nSPS) is 12.3. The van der Waals surface area contributed by atoms with Crippen molar-refractivity contribution in [3.63, 3.8) is 0 Å². The number of benzene rings is 2. The third-order valence-electron chi connectivity index (χ3n) is 5.69. The van der Waals surface area contributed by atoms with Crippen molar-refractivity contribution in [1.29, 1.82) is 0 Å². The first kappa shape index (κ1) is 28.9. The molecule has 37 heavy (non-hydrogen) atoms. The van der Waals surface area contributed by atoms with Crippen LogP contribution < -0.4 is 15.8 Å². The minimum atomic E-state index is -1.14. The number of nitrogens with zero attached hydrogens (tertiary/aromatic N) is 3. The molecule has 3 aromatic rings. The molecule has 0 bridgehead atoms. The molecule has 0 aliphatic rings. The van der Waals surface area contributed by atoms with Gasteiger partial charge in [0.05, 0.1) is 23.7 Å². The molecule has 12 heteroatoms. The maximum absolute atomic E-state index is 13.0. The summed E-state index contributed by atoms with van der Waals surface area (Å²) in [6.07, 6.45) is -0.890. The number of carbonyl (C=O) groups is 2. The van der Waals surface area contributed by atoms with E-state index < -0.39 is 23.3 Å². The van der Waals surface area contributed by atoms with Gasteiger partial charge in [0, 0.05) is 26.1 Å². The number of carboxylic acid groups (broad SMARTS) is 1. The van der Waals surface area contributed by atoms with E-state index in [2.05, 4.69) is 10.3 Å². The molecular formula is C25H28I2N4O6. The maximum atomic E-state index is 13.0. The number of nitrogens with one attached hydrogen (secondary N) is 1. The van der Waals surface area contributed by atoms with Crippen molar-refractivity contribution >= 4 is 79.8 Å². The predicted molar refractivity (Wildman–Crippen MR) is 159 cm³/mol. The van der Waals surface area contributed by atoms with Gasteiger partial charge in [-0.25, -0.2) is 9.59 Å². The van der Waals surface area contributed by atoms with Gasteiger partial charge in [0.2, 0.25) is 5.91 Å². The molecule has 3 N–H and O–H groups in total. The first-order chi connectivity index (χ1) is 17.1. The molecule has 2 amide bonds. The average molecular weight is 734 g/mol. The highest BCUT2D eigenvalue weighted by molar-refractivity contribution is 14.1. The molecular weight excluding hydrogens is 706 g/mol. The van der Waals surface area contributed by atoms with Gasteiger partial charge in [-0.15, -0.1) is 0 Å². The summed E-state index contributed by atoms with van der Waals surface area (Å²) in [5, 5.41) is 23.0. The number of aromatic nitrogens is 1. The second-order valence-electron chi connectivity index (χ2n) is 9.74. The summed E-state index contributed by atoms with van der Waals surface area (Å²) >= 11 is 4.05. The van der Waals surface area contributed by atoms with Gasteiger partial charge in [0.25, 0.3) is 6.01 Å². The second kappa shape index (κ2) is 11.0. The summed E-state index contributed by atoms with van der Waals surface area (Å²) in [6.45, 7) is 6.93. The van der Waals surface area contributed by atoms with Crippen LogP contribution in [-0.2, 0) is 11.2 Å². The summed E-state index contributed by atoms with van der Waals surface area (Å²) in [7, 11) is 3.25. The van der Waals surface area contributed by atoms with E-state index in [4.69, 9.17) is 4.42 Å². The molecule has 198 valence electrons. The SMILES string of the molecule is Cc1c(N(C(=O)O)C(C)(C)C)ccc2nc(N[C@@H](Cc3cc(I)c(O)c(I)c3)C(=O)N(C)C)oc(=O)c12. The molecule has 0 spiro atoms. The van der Waals surface area contributed by atoms with Gasteiger partial charge >= 0.3 is 11.7 Å². The smallest absolute Gasteiger partial charge is 0.412 e. The topological polar surface area (TPSA) is 136 Å². The Labute approximate surface area is 241 Å². The van der Waals surface area contributed by atoms with Crippen LogP contribution in [0.15, 0.2) is 33.5 Å². The Morgan fingerprint density at radius 2 is 1.76 bits per heavy atom. The Balaban J connectivity index is 2.04. The van der Waals surface area contributed by atoms with Crippen molar-refractivity contribution in [2.24, 2.45) is 0 Å². The molecule has 1 atom stereocenters. The second-order valence-corrected chi connectivity index (χ2v) is 12.1. The van der Waals surface area contributed by atoms with Crippen molar-refractivity contribution in [1.82, 2.24) is 9.88 Å². The Bertz CT molecular complexity index is 1410. The monoisotopic (exact) mass is 734 g/mol. The van der Waals surface area contributed by atoms with E-state index in [-0.39, 0.29) is 29.5 Å². The number of rotatable bonds is 6. The highest BCUT2D eigenvalue weighted by Gasteiger charge is 2.30. The molecule has 0 saturated carbocycles. The van der Waals surface area contributed by atoms with Crippen LogP contribution in [0, 0.1) is 14.1 Å².